The number of aromatic nitrogens is 1. The molecule has 0 bridgehead atoms. The largest absolute Gasteiger partial charge is 0.439 e. The smallest absolute Gasteiger partial charge is 0.278 e. The number of pyridine rings is 1. The van der Waals surface area contributed by atoms with E-state index in [-0.39, 0.29) is 17.4 Å². The van der Waals surface area contributed by atoms with Crippen LogP contribution in [0.5, 0.6) is 11.6 Å². The van der Waals surface area contributed by atoms with E-state index in [4.69, 9.17) is 10.5 Å². The van der Waals surface area contributed by atoms with Crippen LogP contribution in [0.15, 0.2) is 42.5 Å². The molecule has 0 spiro atoms. The standard InChI is InChI=1S/C11H9N3O3/c12-10-6-8(14(15)16)7-11(13-10)17-9-4-2-1-3-5-9/h1-7H,(H2,12,13). The van der Waals surface area contributed by atoms with Gasteiger partial charge >= 0.3 is 0 Å². The zero-order valence-electron chi connectivity index (χ0n) is 8.74. The Hall–Kier alpha value is -2.63. The molecule has 0 radical (unpaired) electrons. The molecule has 0 amide bonds. The summed E-state index contributed by atoms with van der Waals surface area (Å²) in [4.78, 5) is 13.9. The number of para-hydroxylation sites is 1. The van der Waals surface area contributed by atoms with Crippen molar-refractivity contribution in [2.75, 3.05) is 5.73 Å². The lowest BCUT2D eigenvalue weighted by Gasteiger charge is -2.04. The summed E-state index contributed by atoms with van der Waals surface area (Å²) in [7, 11) is 0. The number of rotatable bonds is 3. The Morgan fingerprint density at radius 3 is 2.59 bits per heavy atom. The molecule has 2 rings (SSSR count). The van der Waals surface area contributed by atoms with Gasteiger partial charge in [-0.05, 0) is 12.1 Å². The van der Waals surface area contributed by atoms with E-state index in [1.54, 1.807) is 24.3 Å². The third kappa shape index (κ3) is 2.69. The van der Waals surface area contributed by atoms with Crippen LogP contribution in [0.4, 0.5) is 11.5 Å². The highest BCUT2D eigenvalue weighted by Crippen LogP contribution is 2.24. The number of benzene rings is 1. The number of anilines is 1. The monoisotopic (exact) mass is 231 g/mol. The van der Waals surface area contributed by atoms with Crippen LogP contribution in [0.3, 0.4) is 0 Å². The number of nitro groups is 1. The van der Waals surface area contributed by atoms with Gasteiger partial charge in [0.1, 0.15) is 11.6 Å². The predicted molar refractivity (Wildman–Crippen MR) is 61.8 cm³/mol. The number of nitrogen functional groups attached to an aromatic ring is 1. The summed E-state index contributed by atoms with van der Waals surface area (Å²) in [5, 5.41) is 10.6. The van der Waals surface area contributed by atoms with Gasteiger partial charge in [-0.3, -0.25) is 10.1 Å². The van der Waals surface area contributed by atoms with Gasteiger partial charge in [-0.1, -0.05) is 18.2 Å². The topological polar surface area (TPSA) is 91.3 Å². The van der Waals surface area contributed by atoms with Gasteiger partial charge in [0.15, 0.2) is 0 Å². The first-order chi connectivity index (χ1) is 8.15. The quantitative estimate of drug-likeness (QED) is 0.646. The molecule has 0 saturated heterocycles. The summed E-state index contributed by atoms with van der Waals surface area (Å²) < 4.78 is 5.35. The van der Waals surface area contributed by atoms with Crippen molar-refractivity contribution in [3.8, 4) is 11.6 Å². The maximum Gasteiger partial charge on any atom is 0.278 e. The molecule has 2 N–H and O–H groups in total. The van der Waals surface area contributed by atoms with Gasteiger partial charge in [0.05, 0.1) is 17.1 Å². The summed E-state index contributed by atoms with van der Waals surface area (Å²) in [5.74, 6) is 0.688. The van der Waals surface area contributed by atoms with Crippen LogP contribution in [0.2, 0.25) is 0 Å². The summed E-state index contributed by atoms with van der Waals surface area (Å²) in [6.45, 7) is 0. The highest BCUT2D eigenvalue weighted by atomic mass is 16.6. The molecule has 86 valence electrons. The van der Waals surface area contributed by atoms with E-state index >= 15 is 0 Å². The van der Waals surface area contributed by atoms with E-state index in [9.17, 15) is 10.1 Å². The van der Waals surface area contributed by atoms with Gasteiger partial charge in [0.25, 0.3) is 5.69 Å². The van der Waals surface area contributed by atoms with Gasteiger partial charge in [0, 0.05) is 0 Å². The molecule has 1 aromatic carbocycles. The molecule has 0 aliphatic rings. The van der Waals surface area contributed by atoms with E-state index in [1.807, 2.05) is 6.07 Å². The first kappa shape index (κ1) is 10.9. The first-order valence-corrected chi connectivity index (χ1v) is 4.80. The average Bonchev–Trinajstić information content (AvgIpc) is 2.29. The van der Waals surface area contributed by atoms with Crippen molar-refractivity contribution in [1.29, 1.82) is 0 Å². The van der Waals surface area contributed by atoms with Crippen LogP contribution in [-0.2, 0) is 0 Å². The van der Waals surface area contributed by atoms with E-state index in [0.29, 0.717) is 5.75 Å². The molecule has 0 unspecified atom stereocenters. The van der Waals surface area contributed by atoms with Crippen LogP contribution >= 0.6 is 0 Å². The fourth-order valence-corrected chi connectivity index (χ4v) is 1.28. The van der Waals surface area contributed by atoms with Crippen molar-refractivity contribution in [1.82, 2.24) is 4.98 Å². The fourth-order valence-electron chi connectivity index (χ4n) is 1.28. The lowest BCUT2D eigenvalue weighted by Crippen LogP contribution is -1.97. The second-order valence-corrected chi connectivity index (χ2v) is 3.26. The highest BCUT2D eigenvalue weighted by Gasteiger charge is 2.11. The molecule has 6 nitrogen and oxygen atoms in total. The molecule has 1 aromatic heterocycles. The lowest BCUT2D eigenvalue weighted by atomic mass is 10.3. The molecular formula is C11H9N3O3. The maximum atomic E-state index is 10.6. The summed E-state index contributed by atoms with van der Waals surface area (Å²) >= 11 is 0. The Morgan fingerprint density at radius 2 is 1.94 bits per heavy atom. The molecule has 0 aliphatic heterocycles. The van der Waals surface area contributed by atoms with E-state index in [0.717, 1.165) is 0 Å². The minimum Gasteiger partial charge on any atom is -0.439 e. The van der Waals surface area contributed by atoms with Crippen molar-refractivity contribution < 1.29 is 9.66 Å². The first-order valence-electron chi connectivity index (χ1n) is 4.80. The van der Waals surface area contributed by atoms with Gasteiger partial charge in [-0.2, -0.15) is 4.98 Å². The fraction of sp³-hybridized carbons (Fsp3) is 0. The molecule has 17 heavy (non-hydrogen) atoms. The third-order valence-electron chi connectivity index (χ3n) is 1.98. The Morgan fingerprint density at radius 1 is 1.24 bits per heavy atom. The lowest BCUT2D eigenvalue weighted by molar-refractivity contribution is -0.384. The summed E-state index contributed by atoms with van der Waals surface area (Å²) in [5.41, 5.74) is 5.31. The number of nitrogens with zero attached hydrogens (tertiary/aromatic N) is 2. The maximum absolute atomic E-state index is 10.6. The Labute approximate surface area is 96.8 Å². The van der Waals surface area contributed by atoms with Gasteiger partial charge < -0.3 is 10.5 Å². The van der Waals surface area contributed by atoms with Gasteiger partial charge in [-0.15, -0.1) is 0 Å². The predicted octanol–water partition coefficient (Wildman–Crippen LogP) is 2.36. The van der Waals surface area contributed by atoms with Crippen molar-refractivity contribution in [3.05, 3.63) is 52.6 Å². The molecule has 2 aromatic rings. The third-order valence-corrected chi connectivity index (χ3v) is 1.98. The number of ether oxygens (including phenoxy) is 1. The number of hydrogen-bond donors (Lipinski definition) is 1. The van der Waals surface area contributed by atoms with Crippen molar-refractivity contribution in [2.24, 2.45) is 0 Å². The normalized spacial score (nSPS) is 9.88. The van der Waals surface area contributed by atoms with Crippen LogP contribution in [-0.4, -0.2) is 9.91 Å². The average molecular weight is 231 g/mol. The molecular weight excluding hydrogens is 222 g/mol. The van der Waals surface area contributed by atoms with E-state index < -0.39 is 4.92 Å². The highest BCUT2D eigenvalue weighted by molar-refractivity contribution is 5.46. The molecule has 0 aliphatic carbocycles. The van der Waals surface area contributed by atoms with E-state index in [2.05, 4.69) is 4.98 Å². The summed E-state index contributed by atoms with van der Waals surface area (Å²) in [6, 6.07) is 11.3. The minimum atomic E-state index is -0.546. The second kappa shape index (κ2) is 4.48. The molecule has 0 saturated carbocycles. The van der Waals surface area contributed by atoms with Crippen LogP contribution in [0.1, 0.15) is 0 Å². The SMILES string of the molecule is Nc1cc([N+](=O)[O-])cc(Oc2ccccc2)n1. The second-order valence-electron chi connectivity index (χ2n) is 3.26. The zero-order valence-corrected chi connectivity index (χ0v) is 8.74. The molecule has 0 fully saturated rings. The molecule has 0 atom stereocenters. The Balaban J connectivity index is 2.30. The van der Waals surface area contributed by atoms with Gasteiger partial charge in [0.2, 0.25) is 5.88 Å². The zero-order chi connectivity index (χ0) is 12.3. The number of nitrogens with two attached hydrogens (primary N) is 1. The van der Waals surface area contributed by atoms with Gasteiger partial charge in [-0.25, -0.2) is 0 Å². The van der Waals surface area contributed by atoms with Crippen molar-refractivity contribution in [2.45, 2.75) is 0 Å². The van der Waals surface area contributed by atoms with Crippen molar-refractivity contribution in [3.63, 3.8) is 0 Å². The van der Waals surface area contributed by atoms with Crippen LogP contribution < -0.4 is 10.5 Å². The number of hydrogen-bond acceptors (Lipinski definition) is 5. The van der Waals surface area contributed by atoms with Crippen LogP contribution in [0, 0.1) is 10.1 Å². The summed E-state index contributed by atoms with van der Waals surface area (Å²) in [6.07, 6.45) is 0. The Bertz CT molecular complexity index is 543. The Kier molecular flexibility index (Phi) is 2.87. The molecule has 1 heterocycles. The minimum absolute atomic E-state index is 0.0464. The van der Waals surface area contributed by atoms with E-state index in [1.165, 1.54) is 12.1 Å². The van der Waals surface area contributed by atoms with Crippen LogP contribution in [0.25, 0.3) is 0 Å². The van der Waals surface area contributed by atoms with Crippen molar-refractivity contribution >= 4 is 11.5 Å². The molecule has 6 heteroatoms.